The Morgan fingerprint density at radius 2 is 2.00 bits per heavy atom. The van der Waals surface area contributed by atoms with Gasteiger partial charge < -0.3 is 5.32 Å². The Morgan fingerprint density at radius 1 is 1.41 bits per heavy atom. The minimum absolute atomic E-state index is 0.0546. The van der Waals surface area contributed by atoms with E-state index in [9.17, 15) is 8.42 Å². The van der Waals surface area contributed by atoms with Crippen LogP contribution in [0.1, 0.15) is 11.4 Å². The van der Waals surface area contributed by atoms with E-state index in [0.29, 0.717) is 29.4 Å². The van der Waals surface area contributed by atoms with Crippen molar-refractivity contribution in [2.75, 3.05) is 20.1 Å². The summed E-state index contributed by atoms with van der Waals surface area (Å²) in [6.45, 7) is 4.94. The molecule has 0 amide bonds. The molecule has 1 aliphatic rings. The lowest BCUT2D eigenvalue weighted by atomic mass is 10.2. The zero-order chi connectivity index (χ0) is 12.8. The summed E-state index contributed by atoms with van der Waals surface area (Å²) in [5, 5.41) is 7.23. The molecule has 0 spiro atoms. The van der Waals surface area contributed by atoms with Gasteiger partial charge in [-0.15, -0.1) is 0 Å². The number of likely N-dealkylation sites (N-methyl/N-ethyl adjacent to an activating group) is 1. The lowest BCUT2D eigenvalue weighted by Gasteiger charge is -2.34. The van der Waals surface area contributed by atoms with E-state index in [0.717, 1.165) is 0 Å². The van der Waals surface area contributed by atoms with E-state index in [4.69, 9.17) is 0 Å². The number of rotatable bonds is 3. The van der Waals surface area contributed by atoms with Gasteiger partial charge in [0, 0.05) is 33.2 Å². The average molecular weight is 258 g/mol. The maximum atomic E-state index is 12.5. The summed E-state index contributed by atoms with van der Waals surface area (Å²) < 4.78 is 28.0. The zero-order valence-electron chi connectivity index (χ0n) is 10.6. The van der Waals surface area contributed by atoms with Gasteiger partial charge in [-0.25, -0.2) is 8.42 Å². The molecule has 7 heteroatoms. The summed E-state index contributed by atoms with van der Waals surface area (Å²) in [5.74, 6) is 0. The third-order valence-electron chi connectivity index (χ3n) is 3.35. The first-order valence-electron chi connectivity index (χ1n) is 5.54. The maximum Gasteiger partial charge on any atom is 0.246 e. The molecule has 1 aromatic rings. The smallest absolute Gasteiger partial charge is 0.246 e. The first kappa shape index (κ1) is 12.5. The summed E-state index contributed by atoms with van der Waals surface area (Å²) in [6, 6.07) is 0.0546. The van der Waals surface area contributed by atoms with Crippen LogP contribution in [0.5, 0.6) is 0 Å². The fourth-order valence-corrected chi connectivity index (χ4v) is 3.75. The number of nitrogens with zero attached hydrogens (tertiary/aromatic N) is 3. The molecule has 2 rings (SSSR count). The molecule has 0 aliphatic carbocycles. The van der Waals surface area contributed by atoms with Crippen LogP contribution in [-0.4, -0.2) is 48.7 Å². The van der Waals surface area contributed by atoms with Gasteiger partial charge in [-0.2, -0.15) is 9.40 Å². The van der Waals surface area contributed by atoms with Crippen LogP contribution in [0.2, 0.25) is 0 Å². The molecule has 0 aromatic carbocycles. The minimum atomic E-state index is -3.43. The lowest BCUT2D eigenvalue weighted by molar-refractivity contribution is 0.274. The van der Waals surface area contributed by atoms with Gasteiger partial charge in [0.05, 0.1) is 11.4 Å². The summed E-state index contributed by atoms with van der Waals surface area (Å²) in [7, 11) is -0.0417. The standard InChI is InChI=1S/C10H18N4O2S/c1-7-10(8(2)13(3)12-7)17(15,16)14(4)9-5-11-6-9/h9,11H,5-6H2,1-4H3. The summed E-state index contributed by atoms with van der Waals surface area (Å²) in [5.41, 5.74) is 1.24. The van der Waals surface area contributed by atoms with Crippen LogP contribution >= 0.6 is 0 Å². The molecule has 1 aliphatic heterocycles. The quantitative estimate of drug-likeness (QED) is 0.803. The zero-order valence-corrected chi connectivity index (χ0v) is 11.4. The van der Waals surface area contributed by atoms with Gasteiger partial charge in [0.15, 0.2) is 0 Å². The van der Waals surface area contributed by atoms with Crippen LogP contribution in [0.25, 0.3) is 0 Å². The Hall–Kier alpha value is -0.920. The highest BCUT2D eigenvalue weighted by Crippen LogP contribution is 2.24. The number of hydrogen-bond acceptors (Lipinski definition) is 4. The van der Waals surface area contributed by atoms with E-state index in [-0.39, 0.29) is 6.04 Å². The molecule has 0 radical (unpaired) electrons. The average Bonchev–Trinajstić information content (AvgIpc) is 2.38. The van der Waals surface area contributed by atoms with E-state index in [1.807, 2.05) is 0 Å². The van der Waals surface area contributed by atoms with Gasteiger partial charge in [0.1, 0.15) is 4.90 Å². The topological polar surface area (TPSA) is 67.2 Å². The van der Waals surface area contributed by atoms with Crippen molar-refractivity contribution in [3.63, 3.8) is 0 Å². The second-order valence-corrected chi connectivity index (χ2v) is 6.39. The van der Waals surface area contributed by atoms with Crippen molar-refractivity contribution < 1.29 is 8.42 Å². The molecule has 2 heterocycles. The van der Waals surface area contributed by atoms with Crippen LogP contribution in [0.4, 0.5) is 0 Å². The Morgan fingerprint density at radius 3 is 2.35 bits per heavy atom. The molecule has 0 unspecified atom stereocenters. The molecule has 1 fully saturated rings. The maximum absolute atomic E-state index is 12.5. The third kappa shape index (κ3) is 1.88. The number of aromatic nitrogens is 2. The highest BCUT2D eigenvalue weighted by Gasteiger charge is 2.34. The molecular formula is C10H18N4O2S. The summed E-state index contributed by atoms with van der Waals surface area (Å²) in [4.78, 5) is 0.342. The molecule has 1 saturated heterocycles. The SMILES string of the molecule is Cc1nn(C)c(C)c1S(=O)(=O)N(C)C1CNC1. The molecule has 96 valence electrons. The fourth-order valence-electron chi connectivity index (χ4n) is 2.00. The fraction of sp³-hybridized carbons (Fsp3) is 0.700. The highest BCUT2D eigenvalue weighted by molar-refractivity contribution is 7.89. The molecule has 0 bridgehead atoms. The summed E-state index contributed by atoms with van der Waals surface area (Å²) >= 11 is 0. The number of aryl methyl sites for hydroxylation is 2. The van der Waals surface area contributed by atoms with Crippen molar-refractivity contribution in [1.29, 1.82) is 0 Å². The van der Waals surface area contributed by atoms with Crippen molar-refractivity contribution >= 4 is 10.0 Å². The number of nitrogens with one attached hydrogen (secondary N) is 1. The minimum Gasteiger partial charge on any atom is -0.313 e. The van der Waals surface area contributed by atoms with Crippen molar-refractivity contribution in [1.82, 2.24) is 19.4 Å². The first-order valence-corrected chi connectivity index (χ1v) is 6.98. The number of hydrogen-bond donors (Lipinski definition) is 1. The molecule has 0 atom stereocenters. The third-order valence-corrected chi connectivity index (χ3v) is 5.52. The molecule has 17 heavy (non-hydrogen) atoms. The molecule has 6 nitrogen and oxygen atoms in total. The van der Waals surface area contributed by atoms with Gasteiger partial charge in [-0.05, 0) is 13.8 Å². The van der Waals surface area contributed by atoms with Crippen molar-refractivity contribution in [2.24, 2.45) is 7.05 Å². The van der Waals surface area contributed by atoms with E-state index < -0.39 is 10.0 Å². The molecular weight excluding hydrogens is 240 g/mol. The second kappa shape index (κ2) is 4.08. The van der Waals surface area contributed by atoms with E-state index in [1.54, 1.807) is 32.6 Å². The molecule has 1 N–H and O–H groups in total. The monoisotopic (exact) mass is 258 g/mol. The predicted octanol–water partition coefficient (Wildman–Crippen LogP) is -0.371. The largest absolute Gasteiger partial charge is 0.313 e. The second-order valence-electron chi connectivity index (χ2n) is 4.46. The Kier molecular flexibility index (Phi) is 3.01. The van der Waals surface area contributed by atoms with E-state index in [1.165, 1.54) is 4.31 Å². The van der Waals surface area contributed by atoms with E-state index in [2.05, 4.69) is 10.4 Å². The van der Waals surface area contributed by atoms with Crippen LogP contribution in [0, 0.1) is 13.8 Å². The Bertz CT molecular complexity index is 531. The number of sulfonamides is 1. The lowest BCUT2D eigenvalue weighted by Crippen LogP contribution is -2.57. The van der Waals surface area contributed by atoms with Crippen LogP contribution in [0.3, 0.4) is 0 Å². The molecule has 0 saturated carbocycles. The van der Waals surface area contributed by atoms with Gasteiger partial charge in [-0.3, -0.25) is 4.68 Å². The van der Waals surface area contributed by atoms with Gasteiger partial charge in [0.25, 0.3) is 0 Å². The van der Waals surface area contributed by atoms with E-state index >= 15 is 0 Å². The van der Waals surface area contributed by atoms with Crippen LogP contribution in [0.15, 0.2) is 4.90 Å². The Labute approximate surface area is 102 Å². The van der Waals surface area contributed by atoms with Crippen molar-refractivity contribution in [2.45, 2.75) is 24.8 Å². The first-order chi connectivity index (χ1) is 7.85. The molecule has 1 aromatic heterocycles. The Balaban J connectivity index is 2.43. The van der Waals surface area contributed by atoms with Crippen LogP contribution in [-0.2, 0) is 17.1 Å². The highest BCUT2D eigenvalue weighted by atomic mass is 32.2. The van der Waals surface area contributed by atoms with Crippen LogP contribution < -0.4 is 5.32 Å². The summed E-state index contributed by atoms with van der Waals surface area (Å²) in [6.07, 6.45) is 0. The predicted molar refractivity (Wildman–Crippen MR) is 64.3 cm³/mol. The van der Waals surface area contributed by atoms with Gasteiger partial charge in [-0.1, -0.05) is 0 Å². The van der Waals surface area contributed by atoms with Gasteiger partial charge >= 0.3 is 0 Å². The van der Waals surface area contributed by atoms with Crippen molar-refractivity contribution in [3.05, 3.63) is 11.4 Å². The van der Waals surface area contributed by atoms with Gasteiger partial charge in [0.2, 0.25) is 10.0 Å². The van der Waals surface area contributed by atoms with Crippen molar-refractivity contribution in [3.8, 4) is 0 Å². The normalized spacial score (nSPS) is 17.5.